The van der Waals surface area contributed by atoms with Gasteiger partial charge in [-0.2, -0.15) is 0 Å². The van der Waals surface area contributed by atoms with E-state index < -0.39 is 5.54 Å². The van der Waals surface area contributed by atoms with Crippen LogP contribution in [0.25, 0.3) is 0 Å². The number of halogens is 3. The Bertz CT molecular complexity index is 501. The maximum atomic E-state index is 9.62. The molecule has 1 heterocycles. The highest BCUT2D eigenvalue weighted by atomic mass is 35.5. The zero-order chi connectivity index (χ0) is 12.5. The molecule has 1 aliphatic rings. The molecule has 6 heteroatoms. The van der Waals surface area contributed by atoms with Gasteiger partial charge in [-0.15, -0.1) is 0 Å². The molecule has 0 amide bonds. The fraction of sp³-hybridized carbons (Fsp3) is 0.182. The van der Waals surface area contributed by atoms with Gasteiger partial charge in [-0.3, -0.25) is 0 Å². The monoisotopic (exact) mass is 290 g/mol. The zero-order valence-electron chi connectivity index (χ0n) is 8.62. The molecule has 0 spiro atoms. The average Bonchev–Trinajstić information content (AvgIpc) is 2.31. The Morgan fingerprint density at radius 2 is 1.94 bits per heavy atom. The molecular weight excluding hydrogens is 282 g/mol. The Balaban J connectivity index is 2.55. The van der Waals surface area contributed by atoms with E-state index >= 15 is 0 Å². The van der Waals surface area contributed by atoms with Crippen molar-refractivity contribution in [3.8, 4) is 0 Å². The Kier molecular flexibility index (Phi) is 3.64. The molecule has 3 nitrogen and oxygen atoms in total. The molecule has 0 aliphatic carbocycles. The predicted octanol–water partition coefficient (Wildman–Crippen LogP) is 2.81. The Morgan fingerprint density at radius 1 is 1.24 bits per heavy atom. The van der Waals surface area contributed by atoms with E-state index in [1.807, 2.05) is 6.07 Å². The van der Waals surface area contributed by atoms with Gasteiger partial charge in [-0.25, -0.2) is 4.99 Å². The summed E-state index contributed by atoms with van der Waals surface area (Å²) in [6.07, 6.45) is 1.48. The molecule has 0 saturated carbocycles. The van der Waals surface area contributed by atoms with Crippen LogP contribution in [0, 0.1) is 0 Å². The van der Waals surface area contributed by atoms with Crippen LogP contribution in [0.2, 0.25) is 5.02 Å². The predicted molar refractivity (Wildman–Crippen MR) is 70.6 cm³/mol. The first-order valence-electron chi connectivity index (χ1n) is 4.84. The number of nitrogens with one attached hydrogen (secondary N) is 1. The quantitative estimate of drug-likeness (QED) is 0.823. The van der Waals surface area contributed by atoms with Crippen LogP contribution >= 0.6 is 34.8 Å². The van der Waals surface area contributed by atoms with Gasteiger partial charge < -0.3 is 10.4 Å². The smallest absolute Gasteiger partial charge is 0.146 e. The van der Waals surface area contributed by atoms with Gasteiger partial charge in [0.2, 0.25) is 0 Å². The molecule has 0 fully saturated rings. The Hall–Kier alpha value is -0.740. The van der Waals surface area contributed by atoms with E-state index in [0.29, 0.717) is 10.6 Å². The van der Waals surface area contributed by atoms with Gasteiger partial charge in [0.05, 0.1) is 6.61 Å². The fourth-order valence-corrected chi connectivity index (χ4v) is 2.44. The lowest BCUT2D eigenvalue weighted by Gasteiger charge is -2.34. The summed E-state index contributed by atoms with van der Waals surface area (Å²) >= 11 is 17.9. The number of nitrogens with zero attached hydrogens (tertiary/aromatic N) is 1. The number of rotatable bonds is 2. The van der Waals surface area contributed by atoms with Crippen LogP contribution in [-0.4, -0.2) is 16.9 Å². The Morgan fingerprint density at radius 3 is 2.53 bits per heavy atom. The largest absolute Gasteiger partial charge is 0.393 e. The van der Waals surface area contributed by atoms with E-state index in [1.165, 1.54) is 6.20 Å². The summed E-state index contributed by atoms with van der Waals surface area (Å²) in [5.74, 6) is 0. The normalized spacial score (nSPS) is 23.8. The topological polar surface area (TPSA) is 44.6 Å². The van der Waals surface area contributed by atoms with Crippen molar-refractivity contribution >= 4 is 40.0 Å². The number of hydrogen-bond donors (Lipinski definition) is 2. The maximum Gasteiger partial charge on any atom is 0.146 e. The van der Waals surface area contributed by atoms with Crippen LogP contribution in [0.1, 0.15) is 5.56 Å². The summed E-state index contributed by atoms with van der Waals surface area (Å²) in [6.45, 7) is -0.278. The number of aliphatic imine (C=N–C) groups is 1. The van der Waals surface area contributed by atoms with E-state index in [1.54, 1.807) is 18.2 Å². The van der Waals surface area contributed by atoms with E-state index in [-0.39, 0.29) is 16.9 Å². The highest BCUT2D eigenvalue weighted by Crippen LogP contribution is 2.33. The first kappa shape index (κ1) is 12.7. The molecule has 0 bridgehead atoms. The second-order valence-corrected chi connectivity index (χ2v) is 4.71. The maximum absolute atomic E-state index is 9.62. The number of aliphatic hydroxyl groups is 1. The lowest BCUT2D eigenvalue weighted by molar-refractivity contribution is 0.222. The van der Waals surface area contributed by atoms with Crippen LogP contribution in [0.15, 0.2) is 40.6 Å². The molecule has 2 rings (SSSR count). The number of aliphatic hydroxyl groups excluding tert-OH is 1. The van der Waals surface area contributed by atoms with Crippen molar-refractivity contribution < 1.29 is 5.11 Å². The third kappa shape index (κ3) is 2.16. The molecule has 0 aromatic heterocycles. The van der Waals surface area contributed by atoms with E-state index in [0.717, 1.165) is 0 Å². The molecule has 1 aromatic rings. The molecule has 1 unspecified atom stereocenters. The van der Waals surface area contributed by atoms with Crippen molar-refractivity contribution in [3.63, 3.8) is 0 Å². The van der Waals surface area contributed by atoms with Crippen molar-refractivity contribution in [1.82, 2.24) is 5.32 Å². The standard InChI is InChI=1S/C11H9Cl3N2O/c12-8-4-2-1-3-7(8)11(6-17)10(14)16-9(13)5-15-11/h1-5,15,17H,6H2. The van der Waals surface area contributed by atoms with Crippen LogP contribution in [-0.2, 0) is 5.54 Å². The molecule has 0 radical (unpaired) electrons. The average molecular weight is 292 g/mol. The summed E-state index contributed by atoms with van der Waals surface area (Å²) in [4.78, 5) is 3.95. The lowest BCUT2D eigenvalue weighted by atomic mass is 9.91. The molecule has 17 heavy (non-hydrogen) atoms. The van der Waals surface area contributed by atoms with Gasteiger partial charge in [0, 0.05) is 16.8 Å². The van der Waals surface area contributed by atoms with Gasteiger partial charge >= 0.3 is 0 Å². The number of hydrogen-bond acceptors (Lipinski definition) is 3. The molecule has 1 aromatic carbocycles. The van der Waals surface area contributed by atoms with Crippen molar-refractivity contribution in [2.75, 3.05) is 6.61 Å². The highest BCUT2D eigenvalue weighted by molar-refractivity contribution is 6.68. The van der Waals surface area contributed by atoms with Gasteiger partial charge in [0.1, 0.15) is 15.9 Å². The van der Waals surface area contributed by atoms with E-state index in [9.17, 15) is 5.11 Å². The third-order valence-corrected chi connectivity index (χ3v) is 3.50. The minimum absolute atomic E-state index is 0.153. The summed E-state index contributed by atoms with van der Waals surface area (Å²) in [6, 6.07) is 7.11. The summed E-state index contributed by atoms with van der Waals surface area (Å²) in [7, 11) is 0. The SMILES string of the molecule is OCC1(c2ccccc2Cl)NC=C(Cl)N=C1Cl. The fourth-order valence-electron chi connectivity index (χ4n) is 1.66. The van der Waals surface area contributed by atoms with Gasteiger partial charge in [-0.05, 0) is 6.07 Å². The van der Waals surface area contributed by atoms with Gasteiger partial charge in [-0.1, -0.05) is 53.0 Å². The second-order valence-electron chi connectivity index (χ2n) is 3.56. The lowest BCUT2D eigenvalue weighted by Crippen LogP contribution is -2.49. The summed E-state index contributed by atoms with van der Waals surface area (Å²) in [5, 5.41) is 13.4. The van der Waals surface area contributed by atoms with Crippen LogP contribution in [0.4, 0.5) is 0 Å². The minimum Gasteiger partial charge on any atom is -0.393 e. The van der Waals surface area contributed by atoms with Crippen LogP contribution in [0.3, 0.4) is 0 Å². The van der Waals surface area contributed by atoms with Crippen LogP contribution < -0.4 is 5.32 Å². The Labute approximate surface area is 114 Å². The zero-order valence-corrected chi connectivity index (χ0v) is 10.9. The van der Waals surface area contributed by atoms with Crippen molar-refractivity contribution in [2.24, 2.45) is 4.99 Å². The molecule has 1 aliphatic heterocycles. The second kappa shape index (κ2) is 4.86. The third-order valence-electron chi connectivity index (χ3n) is 2.57. The minimum atomic E-state index is -1.03. The van der Waals surface area contributed by atoms with Gasteiger partial charge in [0.25, 0.3) is 0 Å². The van der Waals surface area contributed by atoms with Crippen LogP contribution in [0.5, 0.6) is 0 Å². The van der Waals surface area contributed by atoms with Crippen molar-refractivity contribution in [2.45, 2.75) is 5.54 Å². The first-order valence-corrected chi connectivity index (χ1v) is 5.97. The van der Waals surface area contributed by atoms with Crippen molar-refractivity contribution in [3.05, 3.63) is 46.2 Å². The van der Waals surface area contributed by atoms with E-state index in [4.69, 9.17) is 34.8 Å². The molecule has 2 N–H and O–H groups in total. The summed E-state index contributed by atoms with van der Waals surface area (Å²) in [5.41, 5.74) is -0.378. The highest BCUT2D eigenvalue weighted by Gasteiger charge is 2.39. The summed E-state index contributed by atoms with van der Waals surface area (Å²) < 4.78 is 0. The molecule has 90 valence electrons. The first-order chi connectivity index (χ1) is 8.10. The van der Waals surface area contributed by atoms with E-state index in [2.05, 4.69) is 10.3 Å². The molecule has 0 saturated heterocycles. The number of benzene rings is 1. The van der Waals surface area contributed by atoms with Crippen molar-refractivity contribution in [1.29, 1.82) is 0 Å². The van der Waals surface area contributed by atoms with Gasteiger partial charge in [0.15, 0.2) is 0 Å². The molecule has 1 atom stereocenters. The molecular formula is C11H9Cl3N2O.